The molecule has 1 unspecified atom stereocenters. The van der Waals surface area contributed by atoms with Crippen molar-refractivity contribution in [2.45, 2.75) is 19.9 Å². The Balaban J connectivity index is 2.34. The van der Waals surface area contributed by atoms with Gasteiger partial charge in [-0.3, -0.25) is 4.98 Å². The normalized spacial score (nSPS) is 11.8. The van der Waals surface area contributed by atoms with Crippen molar-refractivity contribution in [2.24, 2.45) is 0 Å². The predicted molar refractivity (Wildman–Crippen MR) is 76.3 cm³/mol. The Hall–Kier alpha value is -2.43. The molecule has 5 nitrogen and oxygen atoms in total. The molecule has 1 aromatic heterocycles. The zero-order valence-corrected chi connectivity index (χ0v) is 11.8. The third kappa shape index (κ3) is 3.12. The molecule has 0 amide bonds. The maximum atomic E-state index is 12.0. The molecular formula is C15H17N3O2. The first kappa shape index (κ1) is 14.0. The summed E-state index contributed by atoms with van der Waals surface area (Å²) in [6.07, 6.45) is 1.69. The first-order chi connectivity index (χ1) is 9.61. The van der Waals surface area contributed by atoms with Crippen LogP contribution in [0.5, 0.6) is 0 Å². The highest BCUT2D eigenvalue weighted by molar-refractivity contribution is 5.80. The maximum absolute atomic E-state index is 12.0. The Morgan fingerprint density at radius 3 is 2.60 bits per heavy atom. The summed E-state index contributed by atoms with van der Waals surface area (Å²) in [4.78, 5) is 20.6. The van der Waals surface area contributed by atoms with E-state index in [-0.39, 0.29) is 5.97 Å². The first-order valence-electron chi connectivity index (χ1n) is 6.31. The molecule has 0 radical (unpaired) electrons. The number of methoxy groups -OCH3 is 1. The zero-order valence-electron chi connectivity index (χ0n) is 11.8. The van der Waals surface area contributed by atoms with Crippen LogP contribution in [-0.4, -0.2) is 23.0 Å². The minimum absolute atomic E-state index is 0.362. The van der Waals surface area contributed by atoms with Gasteiger partial charge in [-0.15, -0.1) is 0 Å². The second-order valence-electron chi connectivity index (χ2n) is 4.46. The highest BCUT2D eigenvalue weighted by Crippen LogP contribution is 2.21. The Bertz CT molecular complexity index is 599. The van der Waals surface area contributed by atoms with Gasteiger partial charge in [0.15, 0.2) is 6.04 Å². The number of aryl methyl sites for hydroxylation is 2. The lowest BCUT2D eigenvalue weighted by Crippen LogP contribution is -2.23. The van der Waals surface area contributed by atoms with Crippen LogP contribution in [0.15, 0.2) is 36.5 Å². The van der Waals surface area contributed by atoms with Crippen LogP contribution in [0.3, 0.4) is 0 Å². The number of rotatable bonds is 4. The minimum atomic E-state index is -0.601. The number of ether oxygens (including phenoxy) is 1. The molecule has 1 aromatic carbocycles. The molecule has 1 heterocycles. The number of esters is 1. The molecule has 0 aliphatic carbocycles. The second kappa shape index (κ2) is 6.14. The van der Waals surface area contributed by atoms with Crippen LogP contribution in [0.25, 0.3) is 0 Å². The molecule has 0 fully saturated rings. The number of hydrogen-bond acceptors (Lipinski definition) is 5. The second-order valence-corrected chi connectivity index (χ2v) is 4.46. The number of nitrogens with zero attached hydrogens (tertiary/aromatic N) is 2. The van der Waals surface area contributed by atoms with Crippen LogP contribution in [0.4, 0.5) is 5.82 Å². The number of carbonyl (C=O) groups is 1. The van der Waals surface area contributed by atoms with Crippen molar-refractivity contribution in [1.29, 1.82) is 0 Å². The summed E-state index contributed by atoms with van der Waals surface area (Å²) < 4.78 is 4.86. The number of aromatic nitrogens is 2. The summed E-state index contributed by atoms with van der Waals surface area (Å²) in [6.45, 7) is 3.70. The van der Waals surface area contributed by atoms with E-state index in [0.717, 1.165) is 17.0 Å². The summed E-state index contributed by atoms with van der Waals surface area (Å²) in [5.41, 5.74) is 2.34. The fourth-order valence-electron chi connectivity index (χ4n) is 1.85. The van der Waals surface area contributed by atoms with Crippen molar-refractivity contribution < 1.29 is 9.53 Å². The van der Waals surface area contributed by atoms with Gasteiger partial charge in [-0.2, -0.15) is 0 Å². The lowest BCUT2D eigenvalue weighted by Gasteiger charge is -2.18. The molecule has 0 aliphatic rings. The average Bonchev–Trinajstić information content (AvgIpc) is 2.48. The van der Waals surface area contributed by atoms with Crippen molar-refractivity contribution in [3.63, 3.8) is 0 Å². The van der Waals surface area contributed by atoms with Crippen LogP contribution in [-0.2, 0) is 9.53 Å². The van der Waals surface area contributed by atoms with Crippen LogP contribution in [0.1, 0.15) is 23.0 Å². The maximum Gasteiger partial charge on any atom is 0.333 e. The summed E-state index contributed by atoms with van der Waals surface area (Å²) in [6, 6.07) is 8.79. The van der Waals surface area contributed by atoms with Crippen molar-refractivity contribution in [3.05, 3.63) is 53.5 Å². The monoisotopic (exact) mass is 271 g/mol. The van der Waals surface area contributed by atoms with E-state index in [2.05, 4.69) is 15.3 Å². The summed E-state index contributed by atoms with van der Waals surface area (Å²) in [5, 5.41) is 3.11. The highest BCUT2D eigenvalue weighted by Gasteiger charge is 2.22. The third-order valence-corrected chi connectivity index (χ3v) is 2.93. The van der Waals surface area contributed by atoms with E-state index in [9.17, 15) is 4.79 Å². The smallest absolute Gasteiger partial charge is 0.333 e. The van der Waals surface area contributed by atoms with E-state index in [1.165, 1.54) is 7.11 Å². The van der Waals surface area contributed by atoms with E-state index in [1.807, 2.05) is 44.2 Å². The zero-order chi connectivity index (χ0) is 14.5. The van der Waals surface area contributed by atoms with Crippen LogP contribution >= 0.6 is 0 Å². The first-order valence-corrected chi connectivity index (χ1v) is 6.31. The molecule has 0 saturated heterocycles. The van der Waals surface area contributed by atoms with Gasteiger partial charge in [-0.25, -0.2) is 9.78 Å². The molecule has 104 valence electrons. The highest BCUT2D eigenvalue weighted by atomic mass is 16.5. The number of hydrogen-bond donors (Lipinski definition) is 1. The quantitative estimate of drug-likeness (QED) is 0.865. The van der Waals surface area contributed by atoms with Gasteiger partial charge in [0, 0.05) is 6.20 Å². The number of carbonyl (C=O) groups excluding carboxylic acids is 1. The summed E-state index contributed by atoms with van der Waals surface area (Å²) >= 11 is 0. The van der Waals surface area contributed by atoms with E-state index in [0.29, 0.717) is 5.82 Å². The van der Waals surface area contributed by atoms with E-state index >= 15 is 0 Å². The Morgan fingerprint density at radius 2 is 1.95 bits per heavy atom. The minimum Gasteiger partial charge on any atom is -0.467 e. The van der Waals surface area contributed by atoms with E-state index in [4.69, 9.17) is 4.74 Å². The molecule has 0 spiro atoms. The number of benzene rings is 1. The Labute approximate surface area is 118 Å². The molecule has 1 atom stereocenters. The van der Waals surface area contributed by atoms with Gasteiger partial charge in [0.1, 0.15) is 5.82 Å². The van der Waals surface area contributed by atoms with Gasteiger partial charge in [-0.1, -0.05) is 30.3 Å². The summed E-state index contributed by atoms with van der Waals surface area (Å²) in [5.74, 6) is 0.225. The van der Waals surface area contributed by atoms with Crippen LogP contribution in [0.2, 0.25) is 0 Å². The fourth-order valence-corrected chi connectivity index (χ4v) is 1.85. The van der Waals surface area contributed by atoms with Gasteiger partial charge >= 0.3 is 5.97 Å². The molecule has 2 aromatic rings. The predicted octanol–water partition coefficient (Wildman–Crippen LogP) is 2.42. The van der Waals surface area contributed by atoms with Crippen molar-refractivity contribution in [3.8, 4) is 0 Å². The van der Waals surface area contributed by atoms with Crippen LogP contribution in [0, 0.1) is 13.8 Å². The van der Waals surface area contributed by atoms with Gasteiger partial charge in [0.25, 0.3) is 0 Å². The fraction of sp³-hybridized carbons (Fsp3) is 0.267. The van der Waals surface area contributed by atoms with Gasteiger partial charge in [0.2, 0.25) is 0 Å². The Kier molecular flexibility index (Phi) is 4.30. The largest absolute Gasteiger partial charge is 0.467 e. The molecule has 2 rings (SSSR count). The third-order valence-electron chi connectivity index (χ3n) is 2.93. The number of anilines is 1. The van der Waals surface area contributed by atoms with Crippen molar-refractivity contribution in [1.82, 2.24) is 9.97 Å². The Morgan fingerprint density at radius 1 is 1.25 bits per heavy atom. The molecule has 0 saturated carbocycles. The molecule has 20 heavy (non-hydrogen) atoms. The van der Waals surface area contributed by atoms with Crippen LogP contribution < -0.4 is 5.32 Å². The standard InChI is InChI=1S/C15H17N3O2/c1-10-9-16-11(2)14(17-10)18-13(15(19)20-3)12-7-5-4-6-8-12/h4-9,13H,1-3H3,(H,17,18). The topological polar surface area (TPSA) is 64.1 Å². The lowest BCUT2D eigenvalue weighted by atomic mass is 10.1. The lowest BCUT2D eigenvalue weighted by molar-refractivity contribution is -0.141. The molecule has 5 heteroatoms. The average molecular weight is 271 g/mol. The molecule has 0 aliphatic heterocycles. The van der Waals surface area contributed by atoms with E-state index in [1.54, 1.807) is 6.20 Å². The SMILES string of the molecule is COC(=O)C(Nc1nc(C)cnc1C)c1ccccc1. The van der Waals surface area contributed by atoms with Crippen molar-refractivity contribution >= 4 is 11.8 Å². The number of nitrogens with one attached hydrogen (secondary N) is 1. The van der Waals surface area contributed by atoms with Gasteiger partial charge in [0.05, 0.1) is 18.5 Å². The van der Waals surface area contributed by atoms with Gasteiger partial charge in [-0.05, 0) is 19.4 Å². The van der Waals surface area contributed by atoms with Gasteiger partial charge < -0.3 is 10.1 Å². The molecular weight excluding hydrogens is 254 g/mol. The van der Waals surface area contributed by atoms with E-state index < -0.39 is 6.04 Å². The molecule has 1 N–H and O–H groups in total. The summed E-state index contributed by atoms with van der Waals surface area (Å²) in [7, 11) is 1.37. The van der Waals surface area contributed by atoms with Crippen molar-refractivity contribution in [2.75, 3.05) is 12.4 Å². The molecule has 0 bridgehead atoms.